The molecule has 5 atom stereocenters. The molecule has 1 aliphatic carbocycles. The molecule has 8 nitrogen and oxygen atoms in total. The fourth-order valence-electron chi connectivity index (χ4n) is 5.96. The number of aliphatic hydroxyl groups excluding tert-OH is 2. The number of piperazine rings is 1. The number of nitrogens with one attached hydrogen (secondary N) is 2. The van der Waals surface area contributed by atoms with Crippen LogP contribution in [0.4, 0.5) is 0 Å². The van der Waals surface area contributed by atoms with Gasteiger partial charge in [-0.1, -0.05) is 61.5 Å². The first-order chi connectivity index (χ1) is 19.0. The lowest BCUT2D eigenvalue weighted by molar-refractivity contribution is -0.132. The van der Waals surface area contributed by atoms with E-state index in [1.54, 1.807) is 0 Å². The summed E-state index contributed by atoms with van der Waals surface area (Å²) in [5.41, 5.74) is 2.66. The summed E-state index contributed by atoms with van der Waals surface area (Å²) in [4.78, 5) is 31.2. The van der Waals surface area contributed by atoms with Gasteiger partial charge in [-0.2, -0.15) is 0 Å². The number of amides is 2. The number of carbonyl (C=O) groups excluding carboxylic acids is 2. The highest BCUT2D eigenvalue weighted by Crippen LogP contribution is 2.32. The van der Waals surface area contributed by atoms with E-state index in [4.69, 9.17) is 0 Å². The summed E-state index contributed by atoms with van der Waals surface area (Å²) < 4.78 is 0. The Hall–Kier alpha value is -2.78. The van der Waals surface area contributed by atoms with Gasteiger partial charge in [-0.3, -0.25) is 14.5 Å². The second-order valence-electron chi connectivity index (χ2n) is 12.4. The molecule has 4 N–H and O–H groups in total. The molecule has 0 saturated carbocycles. The summed E-state index contributed by atoms with van der Waals surface area (Å²) in [5.74, 6) is -0.706. The van der Waals surface area contributed by atoms with Crippen LogP contribution in [0.25, 0.3) is 0 Å². The van der Waals surface area contributed by atoms with Crippen LogP contribution in [0.5, 0.6) is 0 Å². The molecule has 2 aromatic carbocycles. The van der Waals surface area contributed by atoms with Gasteiger partial charge in [0.25, 0.3) is 0 Å². The van der Waals surface area contributed by atoms with Crippen molar-refractivity contribution in [2.75, 3.05) is 32.7 Å². The number of rotatable bonds is 10. The van der Waals surface area contributed by atoms with Crippen LogP contribution >= 0.6 is 0 Å². The molecular formula is C32H46N4O4. The van der Waals surface area contributed by atoms with E-state index in [0.717, 1.165) is 29.8 Å². The average molecular weight is 551 g/mol. The average Bonchev–Trinajstić information content (AvgIpc) is 3.22. The smallest absolute Gasteiger partial charge is 0.239 e. The van der Waals surface area contributed by atoms with Crippen molar-refractivity contribution in [2.24, 2.45) is 5.92 Å². The fraction of sp³-hybridized carbons (Fsp3) is 0.562. The summed E-state index contributed by atoms with van der Waals surface area (Å²) in [6.07, 6.45) is -0.230. The Labute approximate surface area is 238 Å². The number of benzene rings is 2. The van der Waals surface area contributed by atoms with E-state index in [1.165, 1.54) is 0 Å². The summed E-state index contributed by atoms with van der Waals surface area (Å²) in [6, 6.07) is 16.8. The van der Waals surface area contributed by atoms with Gasteiger partial charge in [-0.05, 0) is 56.8 Å². The molecule has 0 spiro atoms. The lowest BCUT2D eigenvalue weighted by Crippen LogP contribution is -2.62. The quantitative estimate of drug-likeness (QED) is 0.362. The Balaban J connectivity index is 1.47. The topological polar surface area (TPSA) is 105 Å². The first kappa shape index (κ1) is 30.2. The maximum absolute atomic E-state index is 13.7. The zero-order valence-corrected chi connectivity index (χ0v) is 24.3. The highest BCUT2D eigenvalue weighted by Gasteiger charge is 2.37. The van der Waals surface area contributed by atoms with Crippen LogP contribution in [0.2, 0.25) is 0 Å². The number of likely N-dealkylation sites (N-methyl/N-ethyl adjacent to an activating group) is 1. The third kappa shape index (κ3) is 7.91. The normalized spacial score (nSPS) is 23.3. The predicted octanol–water partition coefficient (Wildman–Crippen LogP) is 2.29. The summed E-state index contributed by atoms with van der Waals surface area (Å²) in [7, 11) is 0. The van der Waals surface area contributed by atoms with Gasteiger partial charge in [0.05, 0.1) is 18.2 Å². The van der Waals surface area contributed by atoms with Crippen LogP contribution in [0, 0.1) is 5.92 Å². The zero-order valence-electron chi connectivity index (χ0n) is 24.3. The van der Waals surface area contributed by atoms with Crippen molar-refractivity contribution in [1.82, 2.24) is 20.4 Å². The van der Waals surface area contributed by atoms with Gasteiger partial charge in [0.1, 0.15) is 6.04 Å². The first-order valence-electron chi connectivity index (χ1n) is 14.6. The molecule has 0 unspecified atom stereocenters. The van der Waals surface area contributed by atoms with E-state index in [1.807, 2.05) is 75.4 Å². The van der Waals surface area contributed by atoms with Crippen molar-refractivity contribution >= 4 is 11.8 Å². The molecule has 2 aromatic rings. The highest BCUT2D eigenvalue weighted by molar-refractivity contribution is 5.83. The maximum Gasteiger partial charge on any atom is 0.239 e. The molecule has 40 heavy (non-hydrogen) atoms. The second-order valence-corrected chi connectivity index (χ2v) is 12.4. The van der Waals surface area contributed by atoms with Gasteiger partial charge in [0.15, 0.2) is 0 Å². The van der Waals surface area contributed by atoms with Gasteiger partial charge < -0.3 is 25.7 Å². The Morgan fingerprint density at radius 2 is 1.75 bits per heavy atom. The Bertz CT molecular complexity index is 1140. The Morgan fingerprint density at radius 3 is 2.45 bits per heavy atom. The second kappa shape index (κ2) is 13.3. The van der Waals surface area contributed by atoms with E-state index in [9.17, 15) is 19.8 Å². The van der Waals surface area contributed by atoms with E-state index in [2.05, 4.69) is 27.4 Å². The van der Waals surface area contributed by atoms with Gasteiger partial charge in [-0.25, -0.2) is 0 Å². The molecular weight excluding hydrogens is 504 g/mol. The number of fused-ring (bicyclic) bond motifs is 1. The van der Waals surface area contributed by atoms with Crippen LogP contribution in [0.15, 0.2) is 54.6 Å². The number of carbonyl (C=O) groups is 2. The number of nitrogens with zero attached hydrogens (tertiary/aromatic N) is 2. The molecule has 1 aliphatic heterocycles. The summed E-state index contributed by atoms with van der Waals surface area (Å²) in [6.45, 7) is 11.3. The maximum atomic E-state index is 13.7. The number of hydrogen-bond acceptors (Lipinski definition) is 6. The number of β-amino-alcohol motifs (C(OH)–C–C–N with tert-alkyl or cyclic N) is 1. The van der Waals surface area contributed by atoms with Crippen molar-refractivity contribution in [3.63, 3.8) is 0 Å². The van der Waals surface area contributed by atoms with Gasteiger partial charge in [-0.15, -0.1) is 0 Å². The standard InChI is InChI=1S/C32H46N4O4/c1-5-35-15-16-36(27(21-35)31(40)34-32(2,3)4)20-25(37)18-24(17-22-11-7-6-8-12-22)30(39)33-29-26-14-10-9-13-23(26)19-28(29)38/h6-14,24-25,27-29,37-38H,5,15-21H2,1-4H3,(H,33,39)(H,34,40)/t24-,25-,27-,28+,29-/m0/s1. The molecule has 4 rings (SSSR count). The van der Waals surface area contributed by atoms with Gasteiger partial charge in [0.2, 0.25) is 11.8 Å². The third-order valence-corrected chi connectivity index (χ3v) is 8.02. The lowest BCUT2D eigenvalue weighted by Gasteiger charge is -2.42. The van der Waals surface area contributed by atoms with Crippen molar-refractivity contribution in [2.45, 2.75) is 76.8 Å². The van der Waals surface area contributed by atoms with Crippen LogP contribution < -0.4 is 10.6 Å². The first-order valence-corrected chi connectivity index (χ1v) is 14.6. The molecule has 0 bridgehead atoms. The van der Waals surface area contributed by atoms with E-state index >= 15 is 0 Å². The van der Waals surface area contributed by atoms with Gasteiger partial charge in [0, 0.05) is 44.1 Å². The van der Waals surface area contributed by atoms with Crippen LogP contribution in [0.1, 0.15) is 56.8 Å². The van der Waals surface area contributed by atoms with Crippen molar-refractivity contribution in [1.29, 1.82) is 0 Å². The largest absolute Gasteiger partial charge is 0.392 e. The molecule has 2 aliphatic rings. The predicted molar refractivity (Wildman–Crippen MR) is 157 cm³/mol. The molecule has 1 heterocycles. The number of aliphatic hydroxyl groups is 2. The van der Waals surface area contributed by atoms with Crippen molar-refractivity contribution in [3.8, 4) is 0 Å². The fourth-order valence-corrected chi connectivity index (χ4v) is 5.96. The molecule has 8 heteroatoms. The van der Waals surface area contributed by atoms with E-state index < -0.39 is 24.2 Å². The number of hydrogen-bond donors (Lipinski definition) is 4. The van der Waals surface area contributed by atoms with Crippen molar-refractivity contribution in [3.05, 3.63) is 71.3 Å². The highest BCUT2D eigenvalue weighted by atomic mass is 16.3. The minimum Gasteiger partial charge on any atom is -0.392 e. The lowest BCUT2D eigenvalue weighted by atomic mass is 9.91. The SMILES string of the molecule is CCN1CCN(C[C@@H](O)C[C@H](Cc2ccccc2)C(=O)N[C@H]2c3ccccc3C[C@H]2O)[C@H](C(=O)NC(C)(C)C)C1. The molecule has 0 radical (unpaired) electrons. The minimum atomic E-state index is -0.793. The summed E-state index contributed by atoms with van der Waals surface area (Å²) in [5, 5.41) is 28.2. The van der Waals surface area contributed by atoms with Crippen LogP contribution in [-0.4, -0.2) is 88.3 Å². The Kier molecular flexibility index (Phi) is 10.0. The third-order valence-electron chi connectivity index (χ3n) is 8.02. The minimum absolute atomic E-state index is 0.0367. The van der Waals surface area contributed by atoms with Crippen molar-refractivity contribution < 1.29 is 19.8 Å². The molecule has 2 amide bonds. The van der Waals surface area contributed by atoms with Gasteiger partial charge >= 0.3 is 0 Å². The van der Waals surface area contributed by atoms with E-state index in [-0.39, 0.29) is 29.8 Å². The monoisotopic (exact) mass is 550 g/mol. The van der Waals surface area contributed by atoms with E-state index in [0.29, 0.717) is 32.5 Å². The van der Waals surface area contributed by atoms with Crippen LogP contribution in [0.3, 0.4) is 0 Å². The Morgan fingerprint density at radius 1 is 1.05 bits per heavy atom. The summed E-state index contributed by atoms with van der Waals surface area (Å²) >= 11 is 0. The molecule has 0 aromatic heterocycles. The van der Waals surface area contributed by atoms with Crippen LogP contribution in [-0.2, 0) is 22.4 Å². The molecule has 1 saturated heterocycles. The molecule has 1 fully saturated rings. The zero-order chi connectivity index (χ0) is 28.9. The molecule has 218 valence electrons.